The van der Waals surface area contributed by atoms with Crippen molar-refractivity contribution in [3.8, 4) is 0 Å². The average molecular weight is 933 g/mol. The second kappa shape index (κ2) is 55.2. The van der Waals surface area contributed by atoms with E-state index in [9.17, 15) is 14.4 Å². The number of hydrogen-bond acceptors (Lipinski definition) is 6. The van der Waals surface area contributed by atoms with E-state index in [1.54, 1.807) is 0 Å². The standard InChI is InChI=1S/C61H104O6/c1-4-7-10-13-16-19-22-25-28-30-33-36-39-42-45-48-51-54-60(63)66-57-58(56-65-59(62)53-50-47-44-41-38-35-32-27-24-21-18-15-12-9-6-3)67-61(64)55-52-49-46-43-40-37-34-31-29-26-23-20-17-14-11-8-5-2/h16-21,25-29,32,38,41,58H,4-15,22-24,30-31,33-37,39-40,42-57H2,1-3H3/b19-16-,20-17-,21-18-,28-25-,29-26-,32-27-,41-38-/t58-/m1/s1. The zero-order valence-corrected chi connectivity index (χ0v) is 43.9. The van der Waals surface area contributed by atoms with E-state index in [0.717, 1.165) is 96.3 Å². The molecule has 0 rings (SSSR count). The SMILES string of the molecule is CCCCC/C=C\C/C=C\C/C=C\CCCCC(=O)OC[C@H](COC(=O)CCCCCCCCC/C=C\C/C=C\CCCCC)OC(=O)CCCCCCCCC/C=C\C/C=C\CCCCC. The van der Waals surface area contributed by atoms with Crippen LogP contribution in [0.15, 0.2) is 85.1 Å². The monoisotopic (exact) mass is 933 g/mol. The molecular weight excluding hydrogens is 829 g/mol. The van der Waals surface area contributed by atoms with Gasteiger partial charge in [0.1, 0.15) is 13.2 Å². The van der Waals surface area contributed by atoms with Crippen LogP contribution in [0.4, 0.5) is 0 Å². The maximum absolute atomic E-state index is 12.8. The first kappa shape index (κ1) is 63.6. The molecule has 0 saturated heterocycles. The van der Waals surface area contributed by atoms with Crippen LogP contribution in [0.5, 0.6) is 0 Å². The number of carbonyl (C=O) groups excluding carboxylic acids is 3. The van der Waals surface area contributed by atoms with Crippen molar-refractivity contribution in [2.75, 3.05) is 13.2 Å². The molecule has 0 aliphatic rings. The molecule has 0 aromatic carbocycles. The van der Waals surface area contributed by atoms with Crippen molar-refractivity contribution in [3.63, 3.8) is 0 Å². The molecule has 0 radical (unpaired) electrons. The topological polar surface area (TPSA) is 78.9 Å². The molecule has 6 nitrogen and oxygen atoms in total. The van der Waals surface area contributed by atoms with Crippen LogP contribution in [0.25, 0.3) is 0 Å². The van der Waals surface area contributed by atoms with Gasteiger partial charge in [-0.3, -0.25) is 14.4 Å². The van der Waals surface area contributed by atoms with Crippen molar-refractivity contribution in [2.45, 2.75) is 271 Å². The zero-order valence-electron chi connectivity index (χ0n) is 43.9. The summed E-state index contributed by atoms with van der Waals surface area (Å²) in [6.45, 7) is 6.52. The van der Waals surface area contributed by atoms with Crippen LogP contribution in [-0.2, 0) is 28.6 Å². The molecular formula is C61H104O6. The molecule has 0 unspecified atom stereocenters. The largest absolute Gasteiger partial charge is 0.462 e. The highest BCUT2D eigenvalue weighted by molar-refractivity contribution is 5.71. The van der Waals surface area contributed by atoms with Crippen molar-refractivity contribution in [3.05, 3.63) is 85.1 Å². The molecule has 0 spiro atoms. The molecule has 0 aliphatic heterocycles. The van der Waals surface area contributed by atoms with Crippen LogP contribution >= 0.6 is 0 Å². The van der Waals surface area contributed by atoms with Gasteiger partial charge in [-0.05, 0) is 122 Å². The van der Waals surface area contributed by atoms with Crippen LogP contribution in [0.3, 0.4) is 0 Å². The Bertz CT molecular complexity index is 1300. The van der Waals surface area contributed by atoms with Gasteiger partial charge in [0.25, 0.3) is 0 Å². The van der Waals surface area contributed by atoms with Gasteiger partial charge in [-0.15, -0.1) is 0 Å². The lowest BCUT2D eigenvalue weighted by Gasteiger charge is -2.18. The summed E-state index contributed by atoms with van der Waals surface area (Å²) in [6.07, 6.45) is 71.3. The van der Waals surface area contributed by atoms with Gasteiger partial charge in [0.15, 0.2) is 6.10 Å². The van der Waals surface area contributed by atoms with Crippen LogP contribution in [-0.4, -0.2) is 37.2 Å². The summed E-state index contributed by atoms with van der Waals surface area (Å²) in [5.74, 6) is -0.947. The average Bonchev–Trinajstić information content (AvgIpc) is 3.33. The molecule has 6 heteroatoms. The lowest BCUT2D eigenvalue weighted by Crippen LogP contribution is -2.30. The predicted octanol–water partition coefficient (Wildman–Crippen LogP) is 18.8. The first-order valence-corrected chi connectivity index (χ1v) is 28.1. The lowest BCUT2D eigenvalue weighted by molar-refractivity contribution is -0.167. The minimum Gasteiger partial charge on any atom is -0.462 e. The summed E-state index contributed by atoms with van der Waals surface area (Å²) < 4.78 is 16.8. The molecule has 0 heterocycles. The van der Waals surface area contributed by atoms with Gasteiger partial charge in [0.2, 0.25) is 0 Å². The number of ether oxygens (including phenoxy) is 3. The maximum atomic E-state index is 12.8. The molecule has 0 fully saturated rings. The van der Waals surface area contributed by atoms with E-state index in [2.05, 4.69) is 106 Å². The zero-order chi connectivity index (χ0) is 48.6. The number of allylic oxidation sites excluding steroid dienone is 14. The predicted molar refractivity (Wildman–Crippen MR) is 288 cm³/mol. The van der Waals surface area contributed by atoms with Gasteiger partial charge >= 0.3 is 17.9 Å². The Kier molecular flexibility index (Phi) is 52.4. The number of unbranched alkanes of at least 4 members (excludes halogenated alkanes) is 25. The third kappa shape index (κ3) is 53.4. The molecule has 0 N–H and O–H groups in total. The van der Waals surface area contributed by atoms with Gasteiger partial charge in [-0.25, -0.2) is 0 Å². The second-order valence-corrected chi connectivity index (χ2v) is 18.5. The highest BCUT2D eigenvalue weighted by Gasteiger charge is 2.19. The van der Waals surface area contributed by atoms with Crippen LogP contribution in [0.2, 0.25) is 0 Å². The molecule has 0 aliphatic carbocycles. The molecule has 67 heavy (non-hydrogen) atoms. The number of esters is 3. The van der Waals surface area contributed by atoms with Crippen LogP contribution in [0, 0.1) is 0 Å². The molecule has 0 aromatic rings. The van der Waals surface area contributed by atoms with E-state index in [1.165, 1.54) is 128 Å². The smallest absolute Gasteiger partial charge is 0.306 e. The highest BCUT2D eigenvalue weighted by atomic mass is 16.6. The Morgan fingerprint density at radius 1 is 0.299 bits per heavy atom. The molecule has 0 aromatic heterocycles. The summed E-state index contributed by atoms with van der Waals surface area (Å²) in [5, 5.41) is 0. The van der Waals surface area contributed by atoms with Crippen molar-refractivity contribution < 1.29 is 28.6 Å². The third-order valence-corrected chi connectivity index (χ3v) is 11.8. The Labute approximate surface area is 414 Å². The summed E-state index contributed by atoms with van der Waals surface area (Å²) >= 11 is 0. The molecule has 1 atom stereocenters. The Morgan fingerprint density at radius 3 is 0.866 bits per heavy atom. The van der Waals surface area contributed by atoms with Crippen molar-refractivity contribution >= 4 is 17.9 Å². The van der Waals surface area contributed by atoms with Gasteiger partial charge in [0, 0.05) is 19.3 Å². The van der Waals surface area contributed by atoms with Crippen molar-refractivity contribution in [2.24, 2.45) is 0 Å². The van der Waals surface area contributed by atoms with Gasteiger partial charge < -0.3 is 14.2 Å². The van der Waals surface area contributed by atoms with E-state index in [1.807, 2.05) is 0 Å². The van der Waals surface area contributed by atoms with E-state index in [0.29, 0.717) is 19.3 Å². The second-order valence-electron chi connectivity index (χ2n) is 18.5. The molecule has 384 valence electrons. The van der Waals surface area contributed by atoms with E-state index >= 15 is 0 Å². The van der Waals surface area contributed by atoms with E-state index < -0.39 is 6.10 Å². The van der Waals surface area contributed by atoms with Crippen molar-refractivity contribution in [1.82, 2.24) is 0 Å². The number of carbonyl (C=O) groups is 3. The fourth-order valence-electron chi connectivity index (χ4n) is 7.57. The summed E-state index contributed by atoms with van der Waals surface area (Å²) in [5.41, 5.74) is 0. The fraction of sp³-hybridized carbons (Fsp3) is 0.721. The lowest BCUT2D eigenvalue weighted by atomic mass is 10.1. The molecule has 0 saturated carbocycles. The minimum atomic E-state index is -0.800. The first-order chi connectivity index (χ1) is 33.0. The Hall–Kier alpha value is -3.41. The van der Waals surface area contributed by atoms with E-state index in [4.69, 9.17) is 14.2 Å². The fourth-order valence-corrected chi connectivity index (χ4v) is 7.57. The maximum Gasteiger partial charge on any atom is 0.306 e. The van der Waals surface area contributed by atoms with Gasteiger partial charge in [-0.2, -0.15) is 0 Å². The minimum absolute atomic E-state index is 0.0963. The quantitative estimate of drug-likeness (QED) is 0.0262. The van der Waals surface area contributed by atoms with Gasteiger partial charge in [-0.1, -0.05) is 209 Å². The molecule has 0 amide bonds. The van der Waals surface area contributed by atoms with Crippen LogP contribution in [0.1, 0.15) is 265 Å². The first-order valence-electron chi connectivity index (χ1n) is 28.1. The Balaban J connectivity index is 4.47. The van der Waals surface area contributed by atoms with E-state index in [-0.39, 0.29) is 31.1 Å². The third-order valence-electron chi connectivity index (χ3n) is 11.8. The van der Waals surface area contributed by atoms with Crippen molar-refractivity contribution in [1.29, 1.82) is 0 Å². The molecule has 0 bridgehead atoms. The summed E-state index contributed by atoms with van der Waals surface area (Å²) in [7, 11) is 0. The highest BCUT2D eigenvalue weighted by Crippen LogP contribution is 2.14. The Morgan fingerprint density at radius 2 is 0.537 bits per heavy atom. The van der Waals surface area contributed by atoms with Gasteiger partial charge in [0.05, 0.1) is 0 Å². The summed E-state index contributed by atoms with van der Waals surface area (Å²) in [4.78, 5) is 38.1. The van der Waals surface area contributed by atoms with Crippen LogP contribution < -0.4 is 0 Å². The normalized spacial score (nSPS) is 12.7. The number of hydrogen-bond donors (Lipinski definition) is 0. The summed E-state index contributed by atoms with van der Waals surface area (Å²) in [6, 6.07) is 0. The number of rotatable bonds is 50.